The smallest absolute Gasteiger partial charge is 0.0868 e. The number of nitrogens with zero attached hydrogens (tertiary/aromatic N) is 3. The summed E-state index contributed by atoms with van der Waals surface area (Å²) in [4.78, 5) is 10.5. The Bertz CT molecular complexity index is 467. The molecule has 0 radical (unpaired) electrons. The van der Waals surface area contributed by atoms with E-state index in [9.17, 15) is 0 Å². The topological polar surface area (TPSA) is 31.4 Å². The van der Waals surface area contributed by atoms with Crippen LogP contribution in [0, 0.1) is 0 Å². The Morgan fingerprint density at radius 3 is 2.41 bits per heavy atom. The summed E-state index contributed by atoms with van der Waals surface area (Å²) in [6.07, 6.45) is 7.11. The third-order valence-electron chi connectivity index (χ3n) is 4.68. The van der Waals surface area contributed by atoms with Gasteiger partial charge in [0.15, 0.2) is 0 Å². The fourth-order valence-electron chi connectivity index (χ4n) is 3.37. The molecule has 0 bridgehead atoms. The van der Waals surface area contributed by atoms with Crippen LogP contribution in [-0.4, -0.2) is 59.2 Å². The van der Waals surface area contributed by atoms with Crippen LogP contribution in [0.25, 0.3) is 0 Å². The molecule has 0 amide bonds. The molecule has 0 saturated carbocycles. The van der Waals surface area contributed by atoms with Crippen molar-refractivity contribution in [3.05, 3.63) is 30.1 Å². The lowest BCUT2D eigenvalue weighted by atomic mass is 10.0. The van der Waals surface area contributed by atoms with Crippen molar-refractivity contribution in [1.29, 1.82) is 0 Å². The van der Waals surface area contributed by atoms with E-state index in [1.54, 1.807) is 0 Å². The Kier molecular flexibility index (Phi) is 5.76. The highest BCUT2D eigenvalue weighted by Crippen LogP contribution is 2.19. The Hall–Kier alpha value is -1.04. The van der Waals surface area contributed by atoms with Crippen molar-refractivity contribution in [3.63, 3.8) is 0 Å². The van der Waals surface area contributed by atoms with Crippen LogP contribution >= 0.6 is 12.2 Å². The molecular formula is C17H26N4S. The van der Waals surface area contributed by atoms with Gasteiger partial charge in [-0.05, 0) is 64.0 Å². The summed E-state index contributed by atoms with van der Waals surface area (Å²) in [6.45, 7) is 6.63. The van der Waals surface area contributed by atoms with E-state index < -0.39 is 0 Å². The Morgan fingerprint density at radius 2 is 1.77 bits per heavy atom. The van der Waals surface area contributed by atoms with E-state index in [0.717, 1.165) is 23.9 Å². The Labute approximate surface area is 138 Å². The summed E-state index contributed by atoms with van der Waals surface area (Å²) < 4.78 is 0. The molecule has 0 aromatic carbocycles. The molecular weight excluding hydrogens is 292 g/mol. The number of hydrogen-bond donors (Lipinski definition) is 1. The number of pyridine rings is 1. The van der Waals surface area contributed by atoms with E-state index in [4.69, 9.17) is 12.2 Å². The predicted octanol–water partition coefficient (Wildman–Crippen LogP) is 2.23. The minimum absolute atomic E-state index is 0.205. The maximum Gasteiger partial charge on any atom is 0.0868 e. The minimum Gasteiger partial charge on any atom is -0.366 e. The van der Waals surface area contributed by atoms with E-state index in [1.807, 2.05) is 12.3 Å². The van der Waals surface area contributed by atoms with Gasteiger partial charge >= 0.3 is 0 Å². The van der Waals surface area contributed by atoms with Crippen molar-refractivity contribution in [2.75, 3.05) is 39.4 Å². The first-order valence-corrected chi connectivity index (χ1v) is 8.87. The second kappa shape index (κ2) is 7.99. The van der Waals surface area contributed by atoms with Crippen molar-refractivity contribution in [1.82, 2.24) is 20.1 Å². The summed E-state index contributed by atoms with van der Waals surface area (Å²) in [5, 5.41) is 3.49. The van der Waals surface area contributed by atoms with Gasteiger partial charge in [0.25, 0.3) is 0 Å². The Balaban J connectivity index is 1.62. The van der Waals surface area contributed by atoms with Gasteiger partial charge in [-0.15, -0.1) is 0 Å². The number of likely N-dealkylation sites (tertiary alicyclic amines) is 2. The van der Waals surface area contributed by atoms with E-state index in [1.165, 1.54) is 51.9 Å². The van der Waals surface area contributed by atoms with Crippen LogP contribution in [0.2, 0.25) is 0 Å². The highest BCUT2D eigenvalue weighted by Gasteiger charge is 2.24. The molecule has 22 heavy (non-hydrogen) atoms. The molecule has 1 unspecified atom stereocenters. The molecule has 2 saturated heterocycles. The summed E-state index contributed by atoms with van der Waals surface area (Å²) >= 11 is 5.72. The standard InChI is InChI=1S/C17H26N4S/c22-17(19-14-21-11-5-6-12-21)15(13-20-9-3-4-10-20)16-7-1-2-8-18-16/h1-2,7-8,15H,3-6,9-14H2,(H,19,22). The van der Waals surface area contributed by atoms with Gasteiger partial charge in [-0.1, -0.05) is 18.3 Å². The van der Waals surface area contributed by atoms with Gasteiger partial charge in [-0.25, -0.2) is 0 Å². The molecule has 2 aliphatic rings. The number of thiocarbonyl (C=S) groups is 1. The van der Waals surface area contributed by atoms with Gasteiger partial charge in [0.2, 0.25) is 0 Å². The normalized spacial score (nSPS) is 21.1. The van der Waals surface area contributed by atoms with Crippen LogP contribution in [0.15, 0.2) is 24.4 Å². The van der Waals surface area contributed by atoms with Crippen LogP contribution in [-0.2, 0) is 0 Å². The monoisotopic (exact) mass is 318 g/mol. The summed E-state index contributed by atoms with van der Waals surface area (Å²) in [5.41, 5.74) is 1.09. The van der Waals surface area contributed by atoms with Crippen molar-refractivity contribution >= 4 is 17.2 Å². The van der Waals surface area contributed by atoms with Gasteiger partial charge < -0.3 is 10.2 Å². The number of rotatable bonds is 6. The number of aromatic nitrogens is 1. The van der Waals surface area contributed by atoms with Crippen molar-refractivity contribution in [3.8, 4) is 0 Å². The lowest BCUT2D eigenvalue weighted by Gasteiger charge is -2.26. The van der Waals surface area contributed by atoms with E-state index in [0.29, 0.717) is 0 Å². The van der Waals surface area contributed by atoms with Gasteiger partial charge in [0.1, 0.15) is 0 Å². The third kappa shape index (κ3) is 4.24. The first-order valence-electron chi connectivity index (χ1n) is 8.46. The van der Waals surface area contributed by atoms with Crippen LogP contribution in [0.3, 0.4) is 0 Å². The van der Waals surface area contributed by atoms with Crippen LogP contribution in [0.5, 0.6) is 0 Å². The van der Waals surface area contributed by atoms with E-state index >= 15 is 0 Å². The van der Waals surface area contributed by atoms with Gasteiger partial charge in [-0.3, -0.25) is 9.88 Å². The summed E-state index contributed by atoms with van der Waals surface area (Å²) in [6, 6.07) is 6.13. The van der Waals surface area contributed by atoms with Gasteiger partial charge in [0, 0.05) is 12.7 Å². The molecule has 0 aliphatic carbocycles. The maximum absolute atomic E-state index is 5.72. The average molecular weight is 318 g/mol. The summed E-state index contributed by atoms with van der Waals surface area (Å²) in [7, 11) is 0. The van der Waals surface area contributed by atoms with Gasteiger partial charge in [0.05, 0.1) is 23.3 Å². The molecule has 4 nitrogen and oxygen atoms in total. The molecule has 2 fully saturated rings. The van der Waals surface area contributed by atoms with Gasteiger partial charge in [-0.2, -0.15) is 0 Å². The number of hydrogen-bond acceptors (Lipinski definition) is 4. The van der Waals surface area contributed by atoms with Crippen LogP contribution in [0.1, 0.15) is 37.3 Å². The predicted molar refractivity (Wildman–Crippen MR) is 94.1 cm³/mol. The highest BCUT2D eigenvalue weighted by molar-refractivity contribution is 7.80. The Morgan fingerprint density at radius 1 is 1.09 bits per heavy atom. The molecule has 1 aromatic rings. The highest BCUT2D eigenvalue weighted by atomic mass is 32.1. The molecule has 120 valence electrons. The molecule has 2 aliphatic heterocycles. The second-order valence-corrected chi connectivity index (χ2v) is 6.78. The fourth-order valence-corrected chi connectivity index (χ4v) is 3.63. The van der Waals surface area contributed by atoms with E-state index in [2.05, 4.69) is 32.2 Å². The van der Waals surface area contributed by atoms with Crippen LogP contribution in [0.4, 0.5) is 0 Å². The molecule has 1 N–H and O–H groups in total. The first-order chi connectivity index (χ1) is 10.8. The van der Waals surface area contributed by atoms with E-state index in [-0.39, 0.29) is 5.92 Å². The van der Waals surface area contributed by atoms with Crippen molar-refractivity contribution in [2.45, 2.75) is 31.6 Å². The summed E-state index contributed by atoms with van der Waals surface area (Å²) in [5.74, 6) is 0.205. The molecule has 3 heterocycles. The second-order valence-electron chi connectivity index (χ2n) is 6.34. The third-order valence-corrected chi connectivity index (χ3v) is 5.11. The molecule has 5 heteroatoms. The zero-order valence-electron chi connectivity index (χ0n) is 13.2. The maximum atomic E-state index is 5.72. The minimum atomic E-state index is 0.205. The van der Waals surface area contributed by atoms with Crippen molar-refractivity contribution < 1.29 is 0 Å². The molecule has 3 rings (SSSR count). The lowest BCUT2D eigenvalue weighted by Crippen LogP contribution is -2.40. The first kappa shape index (κ1) is 15.8. The van der Waals surface area contributed by atoms with Crippen LogP contribution < -0.4 is 5.32 Å². The van der Waals surface area contributed by atoms with Crippen molar-refractivity contribution in [2.24, 2.45) is 0 Å². The molecule has 0 spiro atoms. The lowest BCUT2D eigenvalue weighted by molar-refractivity contribution is 0.320. The SMILES string of the molecule is S=C(NCN1CCCC1)C(CN1CCCC1)c1ccccn1. The largest absolute Gasteiger partial charge is 0.366 e. The zero-order valence-corrected chi connectivity index (χ0v) is 14.0. The fraction of sp³-hybridized carbons (Fsp3) is 0.647. The molecule has 1 atom stereocenters. The quantitative estimate of drug-likeness (QED) is 0.813. The number of nitrogens with one attached hydrogen (secondary N) is 1. The molecule has 1 aromatic heterocycles. The zero-order chi connectivity index (χ0) is 15.2. The average Bonchev–Trinajstić information content (AvgIpc) is 3.24.